The van der Waals surface area contributed by atoms with Gasteiger partial charge in [-0.3, -0.25) is 4.79 Å². The van der Waals surface area contributed by atoms with Crippen molar-refractivity contribution in [2.75, 3.05) is 20.8 Å². The molecule has 0 spiro atoms. The Morgan fingerprint density at radius 3 is 2.60 bits per heavy atom. The molecule has 2 aliphatic heterocycles. The number of hydrogen-bond acceptors (Lipinski definition) is 10. The van der Waals surface area contributed by atoms with Crippen LogP contribution in [0.5, 0.6) is 0 Å². The summed E-state index contributed by atoms with van der Waals surface area (Å²) in [7, 11) is 2.34. The van der Waals surface area contributed by atoms with Gasteiger partial charge < -0.3 is 39.2 Å². The number of esters is 1. The average Bonchev–Trinajstić information content (AvgIpc) is 3.01. The third-order valence-corrected chi connectivity index (χ3v) is 4.31. The molecule has 0 radical (unpaired) electrons. The summed E-state index contributed by atoms with van der Waals surface area (Å²) in [6, 6.07) is -1.02. The van der Waals surface area contributed by atoms with Gasteiger partial charge in [-0.2, -0.15) is 0 Å². The van der Waals surface area contributed by atoms with E-state index in [9.17, 15) is 19.8 Å². The van der Waals surface area contributed by atoms with Crippen LogP contribution in [0, 0.1) is 0 Å². The minimum Gasteiger partial charge on any atom is -0.465 e. The molecule has 10 nitrogen and oxygen atoms in total. The largest absolute Gasteiger partial charge is 0.465 e. The van der Waals surface area contributed by atoms with Crippen molar-refractivity contribution in [1.82, 2.24) is 5.32 Å². The molecule has 0 bridgehead atoms. The van der Waals surface area contributed by atoms with Gasteiger partial charge >= 0.3 is 11.2 Å². The molecule has 1 amide bonds. The molecule has 0 aromatic rings. The molecule has 1 unspecified atom stereocenters. The highest BCUT2D eigenvalue weighted by atomic mass is 32.1. The zero-order valence-corrected chi connectivity index (χ0v) is 14.8. The van der Waals surface area contributed by atoms with Crippen molar-refractivity contribution in [3.05, 3.63) is 0 Å². The lowest BCUT2D eigenvalue weighted by Gasteiger charge is -2.46. The van der Waals surface area contributed by atoms with Crippen LogP contribution >= 0.6 is 12.2 Å². The van der Waals surface area contributed by atoms with E-state index < -0.39 is 48.1 Å². The van der Waals surface area contributed by atoms with Crippen molar-refractivity contribution in [1.29, 1.82) is 0 Å². The second-order valence-corrected chi connectivity index (χ2v) is 6.07. The third-order valence-electron chi connectivity index (χ3n) is 4.10. The fraction of sp³-hybridized carbons (Fsp3) is 0.786. The SMILES string of the molecule is COC(=O)[C@]1(OC)C[C@@H](O)[C@@H](NC(C)=O)C([C@H](O)[C@H]2COC(=S)O2)O1. The van der Waals surface area contributed by atoms with Gasteiger partial charge in [-0.05, 0) is 0 Å². The summed E-state index contributed by atoms with van der Waals surface area (Å²) >= 11 is 4.75. The van der Waals surface area contributed by atoms with Crippen molar-refractivity contribution in [3.8, 4) is 0 Å². The maximum atomic E-state index is 12.1. The first-order valence-electron chi connectivity index (χ1n) is 7.52. The maximum absolute atomic E-state index is 12.1. The number of thiocarbonyl (C=S) groups is 1. The van der Waals surface area contributed by atoms with E-state index in [2.05, 4.69) is 10.1 Å². The number of aliphatic hydroxyl groups excluding tert-OH is 2. The van der Waals surface area contributed by atoms with Crippen molar-refractivity contribution < 1.29 is 43.5 Å². The van der Waals surface area contributed by atoms with E-state index in [0.29, 0.717) is 0 Å². The minimum absolute atomic E-state index is 0.0407. The van der Waals surface area contributed by atoms with Crippen molar-refractivity contribution >= 4 is 29.3 Å². The van der Waals surface area contributed by atoms with Crippen molar-refractivity contribution in [2.45, 2.75) is 49.6 Å². The van der Waals surface area contributed by atoms with Gasteiger partial charge in [-0.1, -0.05) is 0 Å². The Labute approximate surface area is 149 Å². The molecule has 25 heavy (non-hydrogen) atoms. The van der Waals surface area contributed by atoms with Crippen LogP contribution in [0.1, 0.15) is 13.3 Å². The lowest BCUT2D eigenvalue weighted by Crippen LogP contribution is -2.67. The highest BCUT2D eigenvalue weighted by Gasteiger charge is 2.56. The summed E-state index contributed by atoms with van der Waals surface area (Å²) in [6.45, 7) is 1.21. The van der Waals surface area contributed by atoms with Gasteiger partial charge in [0.15, 0.2) is 6.10 Å². The lowest BCUT2D eigenvalue weighted by atomic mass is 9.88. The van der Waals surface area contributed by atoms with E-state index in [1.54, 1.807) is 0 Å². The predicted molar refractivity (Wildman–Crippen MR) is 84.3 cm³/mol. The molecule has 6 atom stereocenters. The Balaban J connectivity index is 2.31. The number of methoxy groups -OCH3 is 2. The fourth-order valence-electron chi connectivity index (χ4n) is 2.88. The number of ether oxygens (including phenoxy) is 5. The number of amides is 1. The van der Waals surface area contributed by atoms with Gasteiger partial charge in [0.1, 0.15) is 18.8 Å². The second-order valence-electron chi connectivity index (χ2n) is 5.74. The number of rotatable bonds is 5. The van der Waals surface area contributed by atoms with Crippen molar-refractivity contribution in [3.63, 3.8) is 0 Å². The molecular formula is C14H21NO9S. The second kappa shape index (κ2) is 7.79. The normalized spacial score (nSPS) is 36.1. The van der Waals surface area contributed by atoms with Gasteiger partial charge in [-0.25, -0.2) is 4.79 Å². The molecule has 0 aromatic carbocycles. The monoisotopic (exact) mass is 379 g/mol. The average molecular weight is 379 g/mol. The van der Waals surface area contributed by atoms with Gasteiger partial charge in [0.25, 0.3) is 5.79 Å². The highest BCUT2D eigenvalue weighted by molar-refractivity contribution is 7.79. The zero-order valence-electron chi connectivity index (χ0n) is 14.0. The highest BCUT2D eigenvalue weighted by Crippen LogP contribution is 2.34. The Hall–Kier alpha value is -1.53. The molecule has 0 saturated carbocycles. The minimum atomic E-state index is -1.94. The van der Waals surface area contributed by atoms with E-state index in [4.69, 9.17) is 31.2 Å². The molecule has 11 heteroatoms. The maximum Gasteiger partial charge on any atom is 0.366 e. The van der Waals surface area contributed by atoms with Crippen LogP contribution in [-0.2, 0) is 33.3 Å². The summed E-state index contributed by atoms with van der Waals surface area (Å²) < 4.78 is 25.7. The Morgan fingerprint density at radius 1 is 1.44 bits per heavy atom. The Kier molecular flexibility index (Phi) is 6.16. The molecule has 0 aromatic heterocycles. The van der Waals surface area contributed by atoms with Crippen LogP contribution in [0.25, 0.3) is 0 Å². The lowest BCUT2D eigenvalue weighted by molar-refractivity contribution is -0.303. The smallest absolute Gasteiger partial charge is 0.366 e. The van der Waals surface area contributed by atoms with Crippen LogP contribution in [-0.4, -0.2) is 84.4 Å². The van der Waals surface area contributed by atoms with Gasteiger partial charge in [-0.15, -0.1) is 0 Å². The first kappa shape index (κ1) is 19.8. The first-order chi connectivity index (χ1) is 11.7. The van der Waals surface area contributed by atoms with E-state index in [1.165, 1.54) is 14.0 Å². The molecule has 2 rings (SSSR count). The molecule has 2 aliphatic rings. The molecule has 2 fully saturated rings. The predicted octanol–water partition coefficient (Wildman–Crippen LogP) is -1.78. The van der Waals surface area contributed by atoms with Crippen LogP contribution in [0.3, 0.4) is 0 Å². The topological polar surface area (TPSA) is 133 Å². The molecule has 142 valence electrons. The summed E-state index contributed by atoms with van der Waals surface area (Å²) in [4.78, 5) is 23.6. The Morgan fingerprint density at radius 2 is 2.12 bits per heavy atom. The first-order valence-corrected chi connectivity index (χ1v) is 7.93. The van der Waals surface area contributed by atoms with Crippen LogP contribution < -0.4 is 5.32 Å². The summed E-state index contributed by atoms with van der Waals surface area (Å²) in [5.41, 5.74) is 0. The van der Waals surface area contributed by atoms with Gasteiger partial charge in [0.2, 0.25) is 5.91 Å². The number of aliphatic hydroxyl groups is 2. The summed E-state index contributed by atoms with van der Waals surface area (Å²) in [6.07, 6.45) is -5.09. The number of carbonyl (C=O) groups is 2. The Bertz CT molecular complexity index is 544. The van der Waals surface area contributed by atoms with Crippen LogP contribution in [0.15, 0.2) is 0 Å². The van der Waals surface area contributed by atoms with Gasteiger partial charge in [0.05, 0.1) is 19.3 Å². The van der Waals surface area contributed by atoms with E-state index in [-0.39, 0.29) is 18.3 Å². The van der Waals surface area contributed by atoms with E-state index >= 15 is 0 Å². The van der Waals surface area contributed by atoms with Gasteiger partial charge in [0, 0.05) is 32.7 Å². The molecule has 0 aliphatic carbocycles. The van der Waals surface area contributed by atoms with Crippen LogP contribution in [0.4, 0.5) is 0 Å². The summed E-state index contributed by atoms with van der Waals surface area (Å²) in [5, 5.41) is 23.4. The number of carbonyl (C=O) groups excluding carboxylic acids is 2. The van der Waals surface area contributed by atoms with E-state index in [1.807, 2.05) is 0 Å². The summed E-state index contributed by atoms with van der Waals surface area (Å²) in [5.74, 6) is -3.27. The van der Waals surface area contributed by atoms with E-state index in [0.717, 1.165) is 7.11 Å². The molecule has 3 N–H and O–H groups in total. The zero-order chi connectivity index (χ0) is 18.8. The molecule has 2 heterocycles. The van der Waals surface area contributed by atoms with Crippen molar-refractivity contribution in [2.24, 2.45) is 0 Å². The van der Waals surface area contributed by atoms with Crippen LogP contribution in [0.2, 0.25) is 0 Å². The fourth-order valence-corrected chi connectivity index (χ4v) is 3.07. The quantitative estimate of drug-likeness (QED) is 0.372. The molecule has 2 saturated heterocycles. The standard InChI is InChI=1S/C14H21NO9S/c1-6(16)15-9-7(17)4-14(21-3,12(19)20-2)24-11(9)10(18)8-5-22-13(25)23-8/h7-11,17-18H,4-5H2,1-3H3,(H,15,16)/t7-,8-,9-,10-,11?,14+/m1/s1. The number of nitrogens with one attached hydrogen (secondary N) is 1. The number of hydrogen-bond donors (Lipinski definition) is 3. The third kappa shape index (κ3) is 4.01. The molecular weight excluding hydrogens is 358 g/mol.